The number of ether oxygens (including phenoxy) is 3. The molecule has 1 amide bonds. The SMILES string of the molecule is CCCCCCCCCCCCOc1cc(C(=O)N[C@H](CCC(=O)O)C(=O)O)cc(OCCCCCCCCCCCC)c1OCCCCCCCCCCCC. The van der Waals surface area contributed by atoms with Crippen LogP contribution < -0.4 is 19.5 Å². The van der Waals surface area contributed by atoms with Gasteiger partial charge in [-0.3, -0.25) is 9.59 Å². The van der Waals surface area contributed by atoms with Gasteiger partial charge < -0.3 is 29.7 Å². The summed E-state index contributed by atoms with van der Waals surface area (Å²) in [4.78, 5) is 36.6. The lowest BCUT2D eigenvalue weighted by atomic mass is 10.1. The number of aliphatic carboxylic acids is 2. The van der Waals surface area contributed by atoms with E-state index in [0.29, 0.717) is 37.1 Å². The number of carboxylic acids is 2. The lowest BCUT2D eigenvalue weighted by molar-refractivity contribution is -0.140. The average molecular weight is 804 g/mol. The summed E-state index contributed by atoms with van der Waals surface area (Å²) in [7, 11) is 0. The Kier molecular flexibility index (Phi) is 34.1. The number of nitrogens with one attached hydrogen (secondary N) is 1. The van der Waals surface area contributed by atoms with Crippen molar-refractivity contribution in [1.82, 2.24) is 5.32 Å². The van der Waals surface area contributed by atoms with E-state index in [1.807, 2.05) is 0 Å². The summed E-state index contributed by atoms with van der Waals surface area (Å²) in [6, 6.07) is 1.89. The Morgan fingerprint density at radius 2 is 0.807 bits per heavy atom. The van der Waals surface area contributed by atoms with Crippen molar-refractivity contribution in [3.05, 3.63) is 17.7 Å². The van der Waals surface area contributed by atoms with Gasteiger partial charge in [0.05, 0.1) is 19.8 Å². The number of amides is 1. The Morgan fingerprint density at radius 1 is 0.491 bits per heavy atom. The molecule has 1 rings (SSSR count). The lowest BCUT2D eigenvalue weighted by Crippen LogP contribution is -2.41. The molecule has 0 saturated carbocycles. The van der Waals surface area contributed by atoms with Crippen LogP contribution in [0.25, 0.3) is 0 Å². The molecule has 0 heterocycles. The van der Waals surface area contributed by atoms with Crippen molar-refractivity contribution in [3.63, 3.8) is 0 Å². The van der Waals surface area contributed by atoms with Crippen molar-refractivity contribution in [3.8, 4) is 17.2 Å². The second kappa shape index (κ2) is 37.3. The van der Waals surface area contributed by atoms with E-state index < -0.39 is 23.9 Å². The predicted octanol–water partition coefficient (Wildman–Crippen LogP) is 13.6. The zero-order valence-corrected chi connectivity index (χ0v) is 36.8. The second-order valence-corrected chi connectivity index (χ2v) is 16.2. The quantitative estimate of drug-likeness (QED) is 0.0557. The van der Waals surface area contributed by atoms with Crippen LogP contribution in [0.2, 0.25) is 0 Å². The van der Waals surface area contributed by atoms with Gasteiger partial charge in [-0.25, -0.2) is 4.79 Å². The number of hydrogen-bond acceptors (Lipinski definition) is 6. The summed E-state index contributed by atoms with van der Waals surface area (Å²) < 4.78 is 19.1. The normalized spacial score (nSPS) is 11.7. The van der Waals surface area contributed by atoms with E-state index in [2.05, 4.69) is 26.1 Å². The number of benzene rings is 1. The maximum Gasteiger partial charge on any atom is 0.326 e. The third-order valence-electron chi connectivity index (χ3n) is 10.8. The van der Waals surface area contributed by atoms with Gasteiger partial charge in [-0.1, -0.05) is 194 Å². The molecule has 0 aliphatic carbocycles. The Morgan fingerprint density at radius 3 is 1.12 bits per heavy atom. The van der Waals surface area contributed by atoms with Crippen molar-refractivity contribution in [1.29, 1.82) is 0 Å². The minimum atomic E-state index is -1.34. The third-order valence-corrected chi connectivity index (χ3v) is 10.8. The molecule has 0 saturated heterocycles. The van der Waals surface area contributed by atoms with E-state index in [1.165, 1.54) is 141 Å². The minimum absolute atomic E-state index is 0.194. The van der Waals surface area contributed by atoms with E-state index >= 15 is 0 Å². The van der Waals surface area contributed by atoms with E-state index in [0.717, 1.165) is 51.4 Å². The monoisotopic (exact) mass is 804 g/mol. The topological polar surface area (TPSA) is 131 Å². The van der Waals surface area contributed by atoms with Gasteiger partial charge in [0.15, 0.2) is 11.5 Å². The van der Waals surface area contributed by atoms with Crippen molar-refractivity contribution < 1.29 is 38.8 Å². The number of rotatable bonds is 42. The number of carbonyl (C=O) groups is 3. The van der Waals surface area contributed by atoms with Crippen molar-refractivity contribution >= 4 is 17.8 Å². The molecule has 330 valence electrons. The first-order valence-electron chi connectivity index (χ1n) is 23.7. The van der Waals surface area contributed by atoms with Crippen LogP contribution in [0.4, 0.5) is 0 Å². The van der Waals surface area contributed by atoms with Crippen LogP contribution >= 0.6 is 0 Å². The molecule has 0 aliphatic rings. The molecule has 0 aliphatic heterocycles. The van der Waals surface area contributed by atoms with Crippen LogP contribution in [0.3, 0.4) is 0 Å². The smallest absolute Gasteiger partial charge is 0.326 e. The molecule has 1 aromatic carbocycles. The summed E-state index contributed by atoms with van der Waals surface area (Å²) in [6.07, 6.45) is 35.8. The fraction of sp³-hybridized carbons (Fsp3) is 0.812. The van der Waals surface area contributed by atoms with Gasteiger partial charge in [-0.05, 0) is 37.8 Å². The Bertz CT molecular complexity index is 1090. The van der Waals surface area contributed by atoms with Gasteiger partial charge in [0, 0.05) is 12.0 Å². The predicted molar refractivity (Wildman–Crippen MR) is 234 cm³/mol. The van der Waals surface area contributed by atoms with E-state index in [4.69, 9.17) is 19.3 Å². The molecule has 0 radical (unpaired) electrons. The molecule has 9 heteroatoms. The maximum absolute atomic E-state index is 13.5. The number of carbonyl (C=O) groups excluding carboxylic acids is 1. The maximum atomic E-state index is 13.5. The van der Waals surface area contributed by atoms with Gasteiger partial charge in [0.1, 0.15) is 6.04 Å². The number of hydrogen-bond donors (Lipinski definition) is 3. The fourth-order valence-electron chi connectivity index (χ4n) is 7.14. The molecule has 57 heavy (non-hydrogen) atoms. The molecule has 0 spiro atoms. The molecule has 9 nitrogen and oxygen atoms in total. The zero-order chi connectivity index (χ0) is 41.6. The van der Waals surface area contributed by atoms with Crippen molar-refractivity contribution in [2.24, 2.45) is 0 Å². The molecule has 0 aromatic heterocycles. The van der Waals surface area contributed by atoms with Crippen LogP contribution in [-0.2, 0) is 9.59 Å². The Labute approximate surface area is 348 Å². The minimum Gasteiger partial charge on any atom is -0.490 e. The summed E-state index contributed by atoms with van der Waals surface area (Å²) >= 11 is 0. The van der Waals surface area contributed by atoms with Gasteiger partial charge in [-0.2, -0.15) is 0 Å². The highest BCUT2D eigenvalue weighted by Crippen LogP contribution is 2.40. The van der Waals surface area contributed by atoms with Crippen LogP contribution in [0, 0.1) is 0 Å². The molecule has 0 fully saturated rings. The zero-order valence-electron chi connectivity index (χ0n) is 36.8. The molecule has 1 aromatic rings. The summed E-state index contributed by atoms with van der Waals surface area (Å²) in [5.74, 6) is -1.70. The Hall–Kier alpha value is -2.97. The first-order chi connectivity index (χ1) is 27.8. The van der Waals surface area contributed by atoms with Gasteiger partial charge in [0.2, 0.25) is 5.75 Å². The summed E-state index contributed by atoms with van der Waals surface area (Å²) in [5, 5.41) is 21.4. The lowest BCUT2D eigenvalue weighted by Gasteiger charge is -2.20. The van der Waals surface area contributed by atoms with Gasteiger partial charge in [-0.15, -0.1) is 0 Å². The van der Waals surface area contributed by atoms with Gasteiger partial charge in [0.25, 0.3) is 5.91 Å². The fourth-order valence-corrected chi connectivity index (χ4v) is 7.14. The average Bonchev–Trinajstić information content (AvgIpc) is 3.19. The van der Waals surface area contributed by atoms with Crippen molar-refractivity contribution in [2.75, 3.05) is 19.8 Å². The first kappa shape index (κ1) is 52.0. The highest BCUT2D eigenvalue weighted by molar-refractivity contribution is 5.97. The van der Waals surface area contributed by atoms with E-state index in [1.54, 1.807) is 12.1 Å². The molecule has 1 atom stereocenters. The number of carboxylic acid groups (broad SMARTS) is 2. The molecular formula is C48H85NO8. The van der Waals surface area contributed by atoms with E-state index in [-0.39, 0.29) is 18.4 Å². The molecular weight excluding hydrogens is 719 g/mol. The summed E-state index contributed by atoms with van der Waals surface area (Å²) in [6.45, 7) is 8.16. The number of unbranched alkanes of at least 4 members (excludes halogenated alkanes) is 27. The van der Waals surface area contributed by atoms with Crippen LogP contribution in [0.5, 0.6) is 17.2 Å². The van der Waals surface area contributed by atoms with Crippen molar-refractivity contribution in [2.45, 2.75) is 232 Å². The summed E-state index contributed by atoms with van der Waals surface area (Å²) in [5.41, 5.74) is 0.194. The highest BCUT2D eigenvalue weighted by atomic mass is 16.5. The van der Waals surface area contributed by atoms with E-state index in [9.17, 15) is 19.5 Å². The Balaban J connectivity index is 3.02. The first-order valence-corrected chi connectivity index (χ1v) is 23.7. The standard InChI is InChI=1S/C48H85NO8/c1-4-7-10-13-16-19-22-25-28-31-36-55-43-39-41(47(52)49-42(48(53)54)34-35-45(50)51)40-44(56-37-32-29-26-23-20-17-14-11-8-5-2)46(43)57-38-33-30-27-24-21-18-15-12-9-6-3/h39-40,42H,4-38H2,1-3H3,(H,49,52)(H,50,51)(H,53,54)/t42-/m1/s1. The third kappa shape index (κ3) is 29.0. The van der Waals surface area contributed by atoms with Gasteiger partial charge >= 0.3 is 11.9 Å². The van der Waals surface area contributed by atoms with Crippen LogP contribution in [0.1, 0.15) is 237 Å². The largest absolute Gasteiger partial charge is 0.490 e. The van der Waals surface area contributed by atoms with Crippen LogP contribution in [0.15, 0.2) is 12.1 Å². The highest BCUT2D eigenvalue weighted by Gasteiger charge is 2.24. The second-order valence-electron chi connectivity index (χ2n) is 16.2. The molecule has 0 unspecified atom stereocenters. The van der Waals surface area contributed by atoms with Crippen LogP contribution in [-0.4, -0.2) is 53.9 Å². The molecule has 0 bridgehead atoms. The molecule has 3 N–H and O–H groups in total.